The molecule has 0 unspecified atom stereocenters. The van der Waals surface area contributed by atoms with Gasteiger partial charge in [-0.15, -0.1) is 0 Å². The van der Waals surface area contributed by atoms with E-state index in [1.54, 1.807) is 6.92 Å². The van der Waals surface area contributed by atoms with Crippen LogP contribution in [0.15, 0.2) is 12.7 Å². The van der Waals surface area contributed by atoms with Crippen LogP contribution in [-0.2, 0) is 19.1 Å². The van der Waals surface area contributed by atoms with Gasteiger partial charge in [-0.05, 0) is 6.42 Å². The van der Waals surface area contributed by atoms with Gasteiger partial charge in [0.05, 0.1) is 5.75 Å². The molecule has 4 nitrogen and oxygen atoms in total. The summed E-state index contributed by atoms with van der Waals surface area (Å²) in [6, 6.07) is 0. The third kappa shape index (κ3) is 7.09. The summed E-state index contributed by atoms with van der Waals surface area (Å²) in [4.78, 5) is 10.4. The van der Waals surface area contributed by atoms with E-state index in [1.165, 1.54) is 0 Å². The van der Waals surface area contributed by atoms with Crippen LogP contribution in [-0.4, -0.2) is 57.9 Å². The molecule has 0 aromatic heterocycles. The SMILES string of the molecule is C=CC(=O)OS(=O)(=O)CCC.[Ca+2].[H-].[H-]. The second-order valence-corrected chi connectivity index (χ2v) is 3.56. The molecule has 0 aromatic carbocycles. The fraction of sp³-hybridized carbons (Fsp3) is 0.500. The van der Waals surface area contributed by atoms with E-state index in [-0.39, 0.29) is 46.3 Å². The summed E-state index contributed by atoms with van der Waals surface area (Å²) in [7, 11) is -3.66. The molecule has 68 valence electrons. The van der Waals surface area contributed by atoms with Crippen molar-refractivity contribution in [3.63, 3.8) is 0 Å². The van der Waals surface area contributed by atoms with Crippen LogP contribution in [0.25, 0.3) is 0 Å². The fourth-order valence-electron chi connectivity index (χ4n) is 0.451. The molecule has 0 atom stereocenters. The van der Waals surface area contributed by atoms with E-state index in [4.69, 9.17) is 0 Å². The summed E-state index contributed by atoms with van der Waals surface area (Å²) in [5.74, 6) is -1.08. The third-order valence-electron chi connectivity index (χ3n) is 0.830. The Kier molecular flexibility index (Phi) is 8.56. The van der Waals surface area contributed by atoms with Gasteiger partial charge >= 0.3 is 53.8 Å². The number of rotatable bonds is 4. The van der Waals surface area contributed by atoms with Gasteiger partial charge < -0.3 is 7.04 Å². The smallest absolute Gasteiger partial charge is 1.00 e. The number of carbonyl (C=O) groups excluding carboxylic acids is 1. The Bertz CT molecular complexity index is 253. The van der Waals surface area contributed by atoms with Crippen LogP contribution in [0.5, 0.6) is 0 Å². The van der Waals surface area contributed by atoms with Crippen molar-refractivity contribution in [3.05, 3.63) is 12.7 Å². The van der Waals surface area contributed by atoms with Gasteiger partial charge in [0, 0.05) is 6.08 Å². The largest absolute Gasteiger partial charge is 2.00 e. The van der Waals surface area contributed by atoms with Gasteiger partial charge in [-0.25, -0.2) is 4.79 Å². The van der Waals surface area contributed by atoms with Crippen LogP contribution >= 0.6 is 0 Å². The van der Waals surface area contributed by atoms with E-state index in [0.717, 1.165) is 6.08 Å². The molecule has 0 radical (unpaired) electrons. The molecule has 0 N–H and O–H groups in total. The quantitative estimate of drug-likeness (QED) is 0.388. The summed E-state index contributed by atoms with van der Waals surface area (Å²) in [6.45, 7) is 4.75. The van der Waals surface area contributed by atoms with Crippen molar-refractivity contribution in [3.8, 4) is 0 Å². The maximum absolute atomic E-state index is 10.7. The van der Waals surface area contributed by atoms with Gasteiger partial charge in [0.2, 0.25) is 0 Å². The molecule has 0 aromatic rings. The molecule has 0 spiro atoms. The van der Waals surface area contributed by atoms with Gasteiger partial charge in [0.1, 0.15) is 0 Å². The van der Waals surface area contributed by atoms with Crippen LogP contribution in [0.3, 0.4) is 0 Å². The maximum Gasteiger partial charge on any atom is 2.00 e. The van der Waals surface area contributed by atoms with Gasteiger partial charge in [0.15, 0.2) is 0 Å². The summed E-state index contributed by atoms with van der Waals surface area (Å²) in [6.07, 6.45) is 1.24. The topological polar surface area (TPSA) is 60.4 Å². The first-order chi connectivity index (χ1) is 5.02. The van der Waals surface area contributed by atoms with Crippen LogP contribution in [0.1, 0.15) is 16.2 Å². The Morgan fingerprint density at radius 3 is 2.50 bits per heavy atom. The minimum absolute atomic E-state index is 0. The van der Waals surface area contributed by atoms with Gasteiger partial charge in [-0.2, -0.15) is 8.42 Å². The van der Waals surface area contributed by atoms with Crippen molar-refractivity contribution in [1.29, 1.82) is 0 Å². The third-order valence-corrected chi connectivity index (χ3v) is 2.16. The van der Waals surface area contributed by atoms with Gasteiger partial charge in [0.25, 0.3) is 0 Å². The van der Waals surface area contributed by atoms with E-state index in [1.807, 2.05) is 0 Å². The Morgan fingerprint density at radius 1 is 1.67 bits per heavy atom. The minimum Gasteiger partial charge on any atom is -1.00 e. The molecule has 0 fully saturated rings. The van der Waals surface area contributed by atoms with Crippen LogP contribution < -0.4 is 0 Å². The molecule has 0 aliphatic heterocycles. The minimum atomic E-state index is -3.66. The molecule has 0 heterocycles. The fourth-order valence-corrected chi connectivity index (χ4v) is 1.35. The number of carbonyl (C=O) groups is 1. The number of hydrogen-bond acceptors (Lipinski definition) is 4. The maximum atomic E-state index is 10.7. The zero-order chi connectivity index (χ0) is 8.91. The first kappa shape index (κ1) is 14.9. The molecule has 0 bridgehead atoms. The molecule has 0 amide bonds. The average molecular weight is 220 g/mol. The second-order valence-electron chi connectivity index (χ2n) is 1.87. The molecule has 0 rings (SSSR count). The zero-order valence-corrected chi connectivity index (χ0v) is 9.97. The van der Waals surface area contributed by atoms with Gasteiger partial charge in [-0.3, -0.25) is 0 Å². The van der Waals surface area contributed by atoms with Crippen LogP contribution in [0.2, 0.25) is 0 Å². The molecular weight excluding hydrogens is 208 g/mol. The molecule has 6 heteroatoms. The van der Waals surface area contributed by atoms with Crippen molar-refractivity contribution in [2.24, 2.45) is 0 Å². The predicted octanol–water partition coefficient (Wildman–Crippen LogP) is 0.300. The van der Waals surface area contributed by atoms with Crippen molar-refractivity contribution in [2.45, 2.75) is 13.3 Å². The molecule has 0 saturated carbocycles. The van der Waals surface area contributed by atoms with Crippen molar-refractivity contribution >= 4 is 53.8 Å². The Labute approximate surface area is 105 Å². The Balaban J connectivity index is -0.000000167. The van der Waals surface area contributed by atoms with Crippen LogP contribution in [0, 0.1) is 0 Å². The Hall–Kier alpha value is 0.420. The second kappa shape index (κ2) is 6.88. The van der Waals surface area contributed by atoms with Crippen molar-refractivity contribution in [2.75, 3.05) is 5.75 Å². The number of hydrogen-bond donors (Lipinski definition) is 0. The van der Waals surface area contributed by atoms with E-state index in [2.05, 4.69) is 10.8 Å². The van der Waals surface area contributed by atoms with E-state index in [0.29, 0.717) is 6.42 Å². The van der Waals surface area contributed by atoms with Gasteiger partial charge in [-0.1, -0.05) is 13.5 Å². The normalized spacial score (nSPS) is 9.75. The summed E-state index contributed by atoms with van der Waals surface area (Å²) in [5, 5.41) is 0. The first-order valence-corrected chi connectivity index (χ1v) is 4.68. The molecular formula is C6H12CaO4S. The molecule has 0 aliphatic rings. The van der Waals surface area contributed by atoms with E-state index in [9.17, 15) is 13.2 Å². The summed E-state index contributed by atoms with van der Waals surface area (Å²) < 4.78 is 25.5. The monoisotopic (exact) mass is 220 g/mol. The standard InChI is InChI=1S/C6H10O4S.Ca.2H/c1-3-5-11(8,9)10-6(7)4-2;;;/h4H,2-3,5H2,1H3;;;/q;+2;2*-1. The zero-order valence-electron chi connectivity index (χ0n) is 8.95. The van der Waals surface area contributed by atoms with Crippen LogP contribution in [0.4, 0.5) is 0 Å². The summed E-state index contributed by atoms with van der Waals surface area (Å²) >= 11 is 0. The van der Waals surface area contributed by atoms with E-state index >= 15 is 0 Å². The summed E-state index contributed by atoms with van der Waals surface area (Å²) in [5.41, 5.74) is 0. The van der Waals surface area contributed by atoms with Crippen molar-refractivity contribution < 1.29 is 20.2 Å². The molecule has 0 saturated heterocycles. The predicted molar refractivity (Wildman–Crippen MR) is 48.3 cm³/mol. The van der Waals surface area contributed by atoms with E-state index < -0.39 is 16.1 Å². The average Bonchev–Trinajstić information content (AvgIpc) is 1.86. The first-order valence-electron chi connectivity index (χ1n) is 3.10. The Morgan fingerprint density at radius 2 is 2.17 bits per heavy atom. The molecule has 0 aliphatic carbocycles. The van der Waals surface area contributed by atoms with Crippen molar-refractivity contribution in [1.82, 2.24) is 0 Å². The molecule has 12 heavy (non-hydrogen) atoms.